The van der Waals surface area contributed by atoms with Crippen molar-refractivity contribution in [1.29, 1.82) is 0 Å². The van der Waals surface area contributed by atoms with E-state index in [9.17, 15) is 4.79 Å². The summed E-state index contributed by atoms with van der Waals surface area (Å²) in [7, 11) is 1.52. The zero-order valence-electron chi connectivity index (χ0n) is 8.84. The average molecular weight is 314 g/mol. The number of para-hydroxylation sites is 1. The van der Waals surface area contributed by atoms with Crippen molar-refractivity contribution in [3.05, 3.63) is 39.3 Å². The fraction of sp³-hybridized carbons (Fsp3) is 0.0909. The standard InChI is InChI=1S/C11H8BrNO3S/c1-15-9-4-2-3-7(12)10(9)16-11(14)8-5-17-6-13-8/h2-6H,1H3. The van der Waals surface area contributed by atoms with E-state index in [-0.39, 0.29) is 5.69 Å². The Balaban J connectivity index is 2.27. The molecule has 0 amide bonds. The third kappa shape index (κ3) is 2.65. The van der Waals surface area contributed by atoms with E-state index in [1.165, 1.54) is 18.4 Å². The molecule has 6 heteroatoms. The molecule has 0 unspecified atom stereocenters. The Kier molecular flexibility index (Phi) is 3.75. The number of carbonyl (C=O) groups is 1. The Labute approximate surface area is 110 Å². The van der Waals surface area contributed by atoms with Crippen LogP contribution in [0.3, 0.4) is 0 Å². The Bertz CT molecular complexity index is 528. The fourth-order valence-electron chi connectivity index (χ4n) is 1.21. The molecule has 17 heavy (non-hydrogen) atoms. The molecule has 0 saturated carbocycles. The molecule has 0 fully saturated rings. The number of aromatic nitrogens is 1. The smallest absolute Gasteiger partial charge is 0.363 e. The molecule has 0 aliphatic carbocycles. The van der Waals surface area contributed by atoms with Crippen LogP contribution >= 0.6 is 27.3 Å². The van der Waals surface area contributed by atoms with E-state index in [4.69, 9.17) is 9.47 Å². The summed E-state index contributed by atoms with van der Waals surface area (Å²) in [6.07, 6.45) is 0. The number of thiazole rings is 1. The van der Waals surface area contributed by atoms with Crippen molar-refractivity contribution in [2.24, 2.45) is 0 Å². The highest BCUT2D eigenvalue weighted by Crippen LogP contribution is 2.35. The number of rotatable bonds is 3. The van der Waals surface area contributed by atoms with Crippen LogP contribution in [0.15, 0.2) is 33.6 Å². The van der Waals surface area contributed by atoms with Crippen LogP contribution < -0.4 is 9.47 Å². The van der Waals surface area contributed by atoms with Crippen molar-refractivity contribution in [2.45, 2.75) is 0 Å². The van der Waals surface area contributed by atoms with Crippen LogP contribution in [0.25, 0.3) is 0 Å². The van der Waals surface area contributed by atoms with Gasteiger partial charge < -0.3 is 9.47 Å². The summed E-state index contributed by atoms with van der Waals surface area (Å²) < 4.78 is 11.0. The molecule has 0 aliphatic heterocycles. The van der Waals surface area contributed by atoms with Gasteiger partial charge in [0.1, 0.15) is 0 Å². The summed E-state index contributed by atoms with van der Waals surface area (Å²) in [6.45, 7) is 0. The second kappa shape index (κ2) is 5.29. The van der Waals surface area contributed by atoms with Gasteiger partial charge in [-0.2, -0.15) is 0 Å². The van der Waals surface area contributed by atoms with Gasteiger partial charge in [0.25, 0.3) is 0 Å². The Morgan fingerprint density at radius 1 is 1.47 bits per heavy atom. The molecule has 0 aliphatic rings. The van der Waals surface area contributed by atoms with E-state index in [0.717, 1.165) is 0 Å². The minimum Gasteiger partial charge on any atom is -0.493 e. The Hall–Kier alpha value is -1.40. The van der Waals surface area contributed by atoms with E-state index in [0.29, 0.717) is 16.0 Å². The summed E-state index contributed by atoms with van der Waals surface area (Å²) in [5.74, 6) is 0.340. The molecule has 1 heterocycles. The number of methoxy groups -OCH3 is 1. The fourth-order valence-corrected chi connectivity index (χ4v) is 2.16. The summed E-state index contributed by atoms with van der Waals surface area (Å²) in [6, 6.07) is 5.28. The minimum atomic E-state index is -0.503. The minimum absolute atomic E-state index is 0.285. The third-order valence-corrected chi connectivity index (χ3v) is 3.20. The van der Waals surface area contributed by atoms with Gasteiger partial charge in [-0.3, -0.25) is 0 Å². The van der Waals surface area contributed by atoms with E-state index < -0.39 is 5.97 Å². The summed E-state index contributed by atoms with van der Waals surface area (Å²) in [5.41, 5.74) is 1.86. The SMILES string of the molecule is COc1cccc(Br)c1OC(=O)c1cscn1. The van der Waals surface area contributed by atoms with Crippen LogP contribution in [-0.2, 0) is 0 Å². The van der Waals surface area contributed by atoms with E-state index >= 15 is 0 Å². The first kappa shape index (κ1) is 12.1. The van der Waals surface area contributed by atoms with Crippen LogP contribution in [0.4, 0.5) is 0 Å². The molecule has 0 radical (unpaired) electrons. The molecular weight excluding hydrogens is 306 g/mol. The number of carbonyl (C=O) groups excluding carboxylic acids is 1. The molecule has 2 rings (SSSR count). The van der Waals surface area contributed by atoms with Crippen molar-refractivity contribution in [3.63, 3.8) is 0 Å². The van der Waals surface area contributed by atoms with Crippen LogP contribution in [0.2, 0.25) is 0 Å². The molecule has 1 aromatic carbocycles. The van der Waals surface area contributed by atoms with Gasteiger partial charge in [0.05, 0.1) is 17.1 Å². The first-order chi connectivity index (χ1) is 8.22. The lowest BCUT2D eigenvalue weighted by molar-refractivity contribution is 0.0723. The van der Waals surface area contributed by atoms with Gasteiger partial charge in [0, 0.05) is 5.38 Å². The zero-order valence-corrected chi connectivity index (χ0v) is 11.2. The highest BCUT2D eigenvalue weighted by atomic mass is 79.9. The van der Waals surface area contributed by atoms with Crippen molar-refractivity contribution < 1.29 is 14.3 Å². The maximum atomic E-state index is 11.7. The van der Waals surface area contributed by atoms with Crippen molar-refractivity contribution >= 4 is 33.2 Å². The molecule has 0 bridgehead atoms. The van der Waals surface area contributed by atoms with Crippen molar-refractivity contribution in [1.82, 2.24) is 4.98 Å². The summed E-state index contributed by atoms with van der Waals surface area (Å²) in [5, 5.41) is 1.63. The maximum Gasteiger partial charge on any atom is 0.363 e. The number of benzene rings is 1. The van der Waals surface area contributed by atoms with Crippen molar-refractivity contribution in [2.75, 3.05) is 7.11 Å². The molecule has 0 N–H and O–H groups in total. The van der Waals surface area contributed by atoms with Gasteiger partial charge in [-0.05, 0) is 28.1 Å². The second-order valence-electron chi connectivity index (χ2n) is 3.03. The monoisotopic (exact) mass is 313 g/mol. The van der Waals surface area contributed by atoms with Gasteiger partial charge in [-0.1, -0.05) is 6.07 Å². The number of ether oxygens (including phenoxy) is 2. The van der Waals surface area contributed by atoms with Crippen LogP contribution in [-0.4, -0.2) is 18.1 Å². The Morgan fingerprint density at radius 3 is 2.94 bits per heavy atom. The molecular formula is C11H8BrNO3S. The summed E-state index contributed by atoms with van der Waals surface area (Å²) >= 11 is 4.64. The molecule has 1 aromatic heterocycles. The molecule has 88 valence electrons. The number of hydrogen-bond acceptors (Lipinski definition) is 5. The topological polar surface area (TPSA) is 48.4 Å². The first-order valence-corrected chi connectivity index (χ1v) is 6.39. The third-order valence-electron chi connectivity index (χ3n) is 1.99. The predicted molar refractivity (Wildman–Crippen MR) is 67.8 cm³/mol. The first-order valence-electron chi connectivity index (χ1n) is 4.65. The van der Waals surface area contributed by atoms with Gasteiger partial charge >= 0.3 is 5.97 Å². The average Bonchev–Trinajstić information content (AvgIpc) is 2.85. The summed E-state index contributed by atoms with van der Waals surface area (Å²) in [4.78, 5) is 15.6. The number of hydrogen-bond donors (Lipinski definition) is 0. The molecule has 0 spiro atoms. The van der Waals surface area contributed by atoms with Gasteiger partial charge in [-0.15, -0.1) is 11.3 Å². The van der Waals surface area contributed by atoms with Crippen LogP contribution in [0.5, 0.6) is 11.5 Å². The van der Waals surface area contributed by atoms with E-state index in [2.05, 4.69) is 20.9 Å². The lowest BCUT2D eigenvalue weighted by Crippen LogP contribution is -2.09. The van der Waals surface area contributed by atoms with Crippen LogP contribution in [0, 0.1) is 0 Å². The highest BCUT2D eigenvalue weighted by molar-refractivity contribution is 9.10. The number of halogens is 1. The van der Waals surface area contributed by atoms with Gasteiger partial charge in [-0.25, -0.2) is 9.78 Å². The number of esters is 1. The molecule has 2 aromatic rings. The van der Waals surface area contributed by atoms with Gasteiger partial charge in [0.15, 0.2) is 17.2 Å². The lowest BCUT2D eigenvalue weighted by Gasteiger charge is -2.09. The maximum absolute atomic E-state index is 11.7. The molecule has 0 saturated heterocycles. The van der Waals surface area contributed by atoms with E-state index in [1.54, 1.807) is 29.1 Å². The number of nitrogens with zero attached hydrogens (tertiary/aromatic N) is 1. The largest absolute Gasteiger partial charge is 0.493 e. The normalized spacial score (nSPS) is 10.0. The quantitative estimate of drug-likeness (QED) is 0.645. The van der Waals surface area contributed by atoms with Crippen molar-refractivity contribution in [3.8, 4) is 11.5 Å². The molecule has 0 atom stereocenters. The Morgan fingerprint density at radius 2 is 2.29 bits per heavy atom. The molecule has 4 nitrogen and oxygen atoms in total. The van der Waals surface area contributed by atoms with Crippen LogP contribution in [0.1, 0.15) is 10.5 Å². The second-order valence-corrected chi connectivity index (χ2v) is 4.61. The lowest BCUT2D eigenvalue weighted by atomic mass is 10.3. The highest BCUT2D eigenvalue weighted by Gasteiger charge is 2.16. The predicted octanol–water partition coefficient (Wildman–Crippen LogP) is 3.13. The van der Waals surface area contributed by atoms with E-state index in [1.807, 2.05) is 0 Å². The zero-order chi connectivity index (χ0) is 12.3. The van der Waals surface area contributed by atoms with Gasteiger partial charge in [0.2, 0.25) is 0 Å².